The van der Waals surface area contributed by atoms with E-state index >= 15 is 0 Å². The van der Waals surface area contributed by atoms with Gasteiger partial charge in [-0.25, -0.2) is 0 Å². The highest BCUT2D eigenvalue weighted by molar-refractivity contribution is 6.31. The summed E-state index contributed by atoms with van der Waals surface area (Å²) in [5.41, 5.74) is 8.43. The fraction of sp³-hybridized carbons (Fsp3) is 0.750. The van der Waals surface area contributed by atoms with Crippen LogP contribution < -0.4 is 5.73 Å². The van der Waals surface area contributed by atoms with Crippen LogP contribution in [0.4, 0.5) is 0 Å². The van der Waals surface area contributed by atoms with Gasteiger partial charge in [-0.05, 0) is 45.4 Å². The Balaban J connectivity index is 2.27. The second-order valence-corrected chi connectivity index (χ2v) is 5.37. The van der Waals surface area contributed by atoms with Crippen molar-refractivity contribution in [3.05, 3.63) is 16.4 Å². The summed E-state index contributed by atoms with van der Waals surface area (Å²) in [4.78, 5) is 0. The number of nitrogens with two attached hydrogens (primary N) is 1. The largest absolute Gasteiger partial charge is 0.327 e. The molecule has 0 aromatic carbocycles. The Hall–Kier alpha value is -0.540. The molecule has 0 amide bonds. The predicted molar refractivity (Wildman–Crippen MR) is 66.7 cm³/mol. The second-order valence-electron chi connectivity index (χ2n) is 4.99. The van der Waals surface area contributed by atoms with Gasteiger partial charge in [-0.15, -0.1) is 0 Å². The summed E-state index contributed by atoms with van der Waals surface area (Å²) in [5, 5.41) is 5.27. The molecule has 16 heavy (non-hydrogen) atoms. The molecule has 1 atom stereocenters. The molecular formula is C12H20ClN3. The number of halogens is 1. The van der Waals surface area contributed by atoms with Crippen LogP contribution in [-0.4, -0.2) is 15.8 Å². The molecule has 1 aromatic heterocycles. The van der Waals surface area contributed by atoms with Gasteiger partial charge in [0.1, 0.15) is 0 Å². The molecule has 0 bridgehead atoms. The Bertz CT molecular complexity index is 391. The van der Waals surface area contributed by atoms with Gasteiger partial charge in [0, 0.05) is 12.6 Å². The third-order valence-electron chi connectivity index (χ3n) is 3.83. The zero-order valence-corrected chi connectivity index (χ0v) is 11.0. The van der Waals surface area contributed by atoms with Crippen molar-refractivity contribution in [2.45, 2.75) is 52.6 Å². The van der Waals surface area contributed by atoms with Crippen LogP contribution in [0.25, 0.3) is 0 Å². The number of hydrogen-bond donors (Lipinski definition) is 1. The monoisotopic (exact) mass is 241 g/mol. The summed E-state index contributed by atoms with van der Waals surface area (Å²) in [7, 11) is 0. The van der Waals surface area contributed by atoms with Gasteiger partial charge >= 0.3 is 0 Å². The molecule has 3 nitrogen and oxygen atoms in total. The topological polar surface area (TPSA) is 43.8 Å². The normalized spacial score (nSPS) is 19.8. The van der Waals surface area contributed by atoms with Gasteiger partial charge in [0.25, 0.3) is 0 Å². The Kier molecular flexibility index (Phi) is 3.01. The second kappa shape index (κ2) is 4.04. The third-order valence-corrected chi connectivity index (χ3v) is 4.32. The van der Waals surface area contributed by atoms with Crippen molar-refractivity contribution in [3.8, 4) is 0 Å². The van der Waals surface area contributed by atoms with Crippen molar-refractivity contribution in [1.82, 2.24) is 9.78 Å². The lowest BCUT2D eigenvalue weighted by atomic mass is 9.92. The molecule has 1 aliphatic carbocycles. The van der Waals surface area contributed by atoms with E-state index in [4.69, 9.17) is 17.3 Å². The molecule has 90 valence electrons. The van der Waals surface area contributed by atoms with Crippen LogP contribution >= 0.6 is 11.6 Å². The first-order valence-electron chi connectivity index (χ1n) is 5.97. The van der Waals surface area contributed by atoms with Gasteiger partial charge in [0.2, 0.25) is 0 Å². The van der Waals surface area contributed by atoms with Crippen LogP contribution in [0.2, 0.25) is 5.02 Å². The molecule has 1 aromatic rings. The lowest BCUT2D eigenvalue weighted by Gasteiger charge is -2.20. The molecular weight excluding hydrogens is 222 g/mol. The summed E-state index contributed by atoms with van der Waals surface area (Å²) in [6.07, 6.45) is 3.40. The first-order valence-corrected chi connectivity index (χ1v) is 6.35. The SMILES string of the molecule is CCn1nc(C)c(Cl)c1CC1(C(C)N)CC1. The number of aryl methyl sites for hydroxylation is 2. The lowest BCUT2D eigenvalue weighted by molar-refractivity contribution is 0.403. The van der Waals surface area contributed by atoms with Crippen LogP contribution in [0.15, 0.2) is 0 Å². The van der Waals surface area contributed by atoms with Crippen LogP contribution in [0, 0.1) is 12.3 Å². The standard InChI is InChI=1S/C12H20ClN3/c1-4-16-10(11(13)8(2)15-16)7-12(5-6-12)9(3)14/h9H,4-7,14H2,1-3H3. The van der Waals surface area contributed by atoms with Gasteiger partial charge in [0.05, 0.1) is 16.4 Å². The van der Waals surface area contributed by atoms with E-state index in [1.54, 1.807) is 0 Å². The van der Waals surface area contributed by atoms with Gasteiger partial charge in [0.15, 0.2) is 0 Å². The summed E-state index contributed by atoms with van der Waals surface area (Å²) in [5.74, 6) is 0. The van der Waals surface area contributed by atoms with Gasteiger partial charge in [-0.1, -0.05) is 11.6 Å². The molecule has 2 N–H and O–H groups in total. The molecule has 1 heterocycles. The zero-order valence-electron chi connectivity index (χ0n) is 10.3. The average molecular weight is 242 g/mol. The van der Waals surface area contributed by atoms with Crippen molar-refractivity contribution < 1.29 is 0 Å². The maximum absolute atomic E-state index is 6.31. The minimum atomic E-state index is 0.240. The molecule has 1 unspecified atom stereocenters. The van der Waals surface area contributed by atoms with Crippen molar-refractivity contribution in [3.63, 3.8) is 0 Å². The van der Waals surface area contributed by atoms with E-state index in [1.807, 2.05) is 11.6 Å². The molecule has 2 rings (SSSR count). The van der Waals surface area contributed by atoms with E-state index < -0.39 is 0 Å². The minimum Gasteiger partial charge on any atom is -0.327 e. The maximum Gasteiger partial charge on any atom is 0.0847 e. The molecule has 4 heteroatoms. The van der Waals surface area contributed by atoms with Gasteiger partial charge in [-0.3, -0.25) is 4.68 Å². The third kappa shape index (κ3) is 1.87. The fourth-order valence-corrected chi connectivity index (χ4v) is 2.53. The molecule has 0 radical (unpaired) electrons. The van der Waals surface area contributed by atoms with Crippen LogP contribution in [0.3, 0.4) is 0 Å². The highest BCUT2D eigenvalue weighted by Gasteiger charge is 2.46. The first-order chi connectivity index (χ1) is 7.50. The Morgan fingerprint density at radius 2 is 2.19 bits per heavy atom. The highest BCUT2D eigenvalue weighted by Crippen LogP contribution is 2.51. The molecule has 1 fully saturated rings. The summed E-state index contributed by atoms with van der Waals surface area (Å²) in [6, 6.07) is 0.240. The summed E-state index contributed by atoms with van der Waals surface area (Å²) >= 11 is 6.31. The number of rotatable bonds is 4. The Morgan fingerprint density at radius 3 is 2.62 bits per heavy atom. The van der Waals surface area contributed by atoms with Crippen LogP contribution in [0.1, 0.15) is 38.1 Å². The number of aromatic nitrogens is 2. The van der Waals surface area contributed by atoms with E-state index in [0.29, 0.717) is 0 Å². The summed E-state index contributed by atoms with van der Waals surface area (Å²) < 4.78 is 2.01. The molecule has 1 saturated carbocycles. The Morgan fingerprint density at radius 1 is 1.56 bits per heavy atom. The van der Waals surface area contributed by atoms with Gasteiger partial charge < -0.3 is 5.73 Å². The fourth-order valence-electron chi connectivity index (χ4n) is 2.33. The van der Waals surface area contributed by atoms with Crippen molar-refractivity contribution in [2.75, 3.05) is 0 Å². The van der Waals surface area contributed by atoms with Crippen molar-refractivity contribution in [1.29, 1.82) is 0 Å². The molecule has 0 spiro atoms. The maximum atomic E-state index is 6.31. The number of hydrogen-bond acceptors (Lipinski definition) is 2. The van der Waals surface area contributed by atoms with Crippen LogP contribution in [-0.2, 0) is 13.0 Å². The Labute approximate surface area is 102 Å². The van der Waals surface area contributed by atoms with E-state index in [1.165, 1.54) is 12.8 Å². The molecule has 1 aliphatic rings. The quantitative estimate of drug-likeness (QED) is 0.881. The first kappa shape index (κ1) is 11.9. The van der Waals surface area contributed by atoms with Gasteiger partial charge in [-0.2, -0.15) is 5.10 Å². The minimum absolute atomic E-state index is 0.240. The predicted octanol–water partition coefficient (Wildman–Crippen LogP) is 2.53. The summed E-state index contributed by atoms with van der Waals surface area (Å²) in [6.45, 7) is 7.03. The van der Waals surface area contributed by atoms with E-state index in [2.05, 4.69) is 18.9 Å². The number of nitrogens with zero attached hydrogens (tertiary/aromatic N) is 2. The van der Waals surface area contributed by atoms with E-state index in [-0.39, 0.29) is 11.5 Å². The average Bonchev–Trinajstić information content (AvgIpc) is 2.97. The zero-order chi connectivity index (χ0) is 11.9. The van der Waals surface area contributed by atoms with Crippen molar-refractivity contribution in [2.24, 2.45) is 11.1 Å². The highest BCUT2D eigenvalue weighted by atomic mass is 35.5. The lowest BCUT2D eigenvalue weighted by Crippen LogP contribution is -2.30. The van der Waals surface area contributed by atoms with E-state index in [0.717, 1.165) is 29.4 Å². The molecule has 0 saturated heterocycles. The van der Waals surface area contributed by atoms with Crippen LogP contribution in [0.5, 0.6) is 0 Å². The molecule has 0 aliphatic heterocycles. The smallest absolute Gasteiger partial charge is 0.0847 e. The van der Waals surface area contributed by atoms with E-state index in [9.17, 15) is 0 Å². The van der Waals surface area contributed by atoms with Crippen molar-refractivity contribution >= 4 is 11.6 Å².